The summed E-state index contributed by atoms with van der Waals surface area (Å²) >= 11 is 0. The van der Waals surface area contributed by atoms with Crippen LogP contribution in [0.1, 0.15) is 24.9 Å². The predicted octanol–water partition coefficient (Wildman–Crippen LogP) is 1.52. The summed E-state index contributed by atoms with van der Waals surface area (Å²) in [6.45, 7) is 6.30. The fraction of sp³-hybridized carbons (Fsp3) is 0.533. The second-order valence-electron chi connectivity index (χ2n) is 5.25. The normalized spacial score (nSPS) is 21.8. The van der Waals surface area contributed by atoms with Crippen LogP contribution in [0.15, 0.2) is 18.2 Å². The van der Waals surface area contributed by atoms with Crippen LogP contribution >= 0.6 is 0 Å². The second kappa shape index (κ2) is 5.81. The van der Waals surface area contributed by atoms with Crippen LogP contribution in [0.5, 0.6) is 0 Å². The van der Waals surface area contributed by atoms with Gasteiger partial charge in [0, 0.05) is 30.0 Å². The highest BCUT2D eigenvalue weighted by Crippen LogP contribution is 2.34. The number of nitrogens with zero attached hydrogens (tertiary/aromatic N) is 1. The van der Waals surface area contributed by atoms with Crippen LogP contribution in [-0.2, 0) is 9.53 Å². The predicted molar refractivity (Wildman–Crippen MR) is 79.1 cm³/mol. The van der Waals surface area contributed by atoms with Crippen molar-refractivity contribution in [3.63, 3.8) is 0 Å². The molecular formula is C15H21N3O2. The van der Waals surface area contributed by atoms with Crippen molar-refractivity contribution in [1.29, 1.82) is 0 Å². The minimum atomic E-state index is -0.205. The van der Waals surface area contributed by atoms with Crippen molar-refractivity contribution in [3.05, 3.63) is 23.8 Å². The van der Waals surface area contributed by atoms with Gasteiger partial charge < -0.3 is 20.3 Å². The van der Waals surface area contributed by atoms with Gasteiger partial charge in [-0.1, -0.05) is 13.0 Å². The van der Waals surface area contributed by atoms with E-state index in [-0.39, 0.29) is 11.9 Å². The Morgan fingerprint density at radius 1 is 1.40 bits per heavy atom. The number of morpholine rings is 1. The average Bonchev–Trinajstić information content (AvgIpc) is 2.80. The lowest BCUT2D eigenvalue weighted by molar-refractivity contribution is -0.117. The van der Waals surface area contributed by atoms with Gasteiger partial charge in [0.25, 0.3) is 0 Å². The Labute approximate surface area is 119 Å². The molecule has 108 valence electrons. The number of fused-ring (bicyclic) bond motifs is 1. The van der Waals surface area contributed by atoms with E-state index in [1.807, 2.05) is 0 Å². The molecule has 2 aliphatic heterocycles. The fourth-order valence-corrected chi connectivity index (χ4v) is 2.76. The molecular weight excluding hydrogens is 254 g/mol. The highest BCUT2D eigenvalue weighted by atomic mass is 16.5. The van der Waals surface area contributed by atoms with Crippen LogP contribution in [0.4, 0.5) is 11.4 Å². The summed E-state index contributed by atoms with van der Waals surface area (Å²) < 4.78 is 5.37. The van der Waals surface area contributed by atoms with Gasteiger partial charge in [0.05, 0.1) is 13.2 Å². The van der Waals surface area contributed by atoms with E-state index < -0.39 is 0 Å². The highest BCUT2D eigenvalue weighted by Gasteiger charge is 2.30. The van der Waals surface area contributed by atoms with Gasteiger partial charge in [-0.05, 0) is 25.1 Å². The van der Waals surface area contributed by atoms with Crippen molar-refractivity contribution in [2.24, 2.45) is 0 Å². The lowest BCUT2D eigenvalue weighted by Crippen LogP contribution is -2.36. The second-order valence-corrected chi connectivity index (χ2v) is 5.25. The third-order valence-electron chi connectivity index (χ3n) is 3.84. The first-order valence-corrected chi connectivity index (χ1v) is 7.30. The van der Waals surface area contributed by atoms with E-state index in [9.17, 15) is 4.79 Å². The molecule has 1 fully saturated rings. The Bertz CT molecular complexity index is 498. The molecule has 1 amide bonds. The topological polar surface area (TPSA) is 53.6 Å². The number of rotatable bonds is 4. The Hall–Kier alpha value is -1.59. The van der Waals surface area contributed by atoms with Gasteiger partial charge in [0.15, 0.2) is 0 Å². The summed E-state index contributed by atoms with van der Waals surface area (Å²) in [6, 6.07) is 6.03. The number of nitrogens with one attached hydrogen (secondary N) is 2. The number of anilines is 2. The lowest BCUT2D eigenvalue weighted by Gasteiger charge is -2.29. The van der Waals surface area contributed by atoms with Crippen molar-refractivity contribution in [1.82, 2.24) is 5.32 Å². The van der Waals surface area contributed by atoms with Gasteiger partial charge in [-0.25, -0.2) is 0 Å². The molecule has 0 saturated carbocycles. The van der Waals surface area contributed by atoms with Crippen molar-refractivity contribution in [2.45, 2.75) is 19.4 Å². The Kier molecular flexibility index (Phi) is 3.89. The molecule has 0 radical (unpaired) electrons. The zero-order chi connectivity index (χ0) is 13.9. The smallest absolute Gasteiger partial charge is 0.246 e. The van der Waals surface area contributed by atoms with Crippen LogP contribution < -0.4 is 15.5 Å². The van der Waals surface area contributed by atoms with Crippen molar-refractivity contribution in [3.8, 4) is 0 Å². The minimum Gasteiger partial charge on any atom is -0.378 e. The number of benzene rings is 1. The number of hydrogen-bond donors (Lipinski definition) is 2. The van der Waals surface area contributed by atoms with Gasteiger partial charge in [0.2, 0.25) is 5.91 Å². The molecule has 3 rings (SSSR count). The third kappa shape index (κ3) is 2.51. The molecule has 1 unspecified atom stereocenters. The summed E-state index contributed by atoms with van der Waals surface area (Å²) in [5, 5.41) is 6.27. The lowest BCUT2D eigenvalue weighted by atomic mass is 10.1. The maximum Gasteiger partial charge on any atom is 0.246 e. The number of carbonyl (C=O) groups excluding carboxylic acids is 1. The average molecular weight is 275 g/mol. The van der Waals surface area contributed by atoms with E-state index in [4.69, 9.17) is 4.74 Å². The molecule has 5 nitrogen and oxygen atoms in total. The molecule has 0 spiro atoms. The number of ether oxygens (including phenoxy) is 1. The summed E-state index contributed by atoms with van der Waals surface area (Å²) in [5.41, 5.74) is 3.15. The van der Waals surface area contributed by atoms with Crippen molar-refractivity contribution >= 4 is 17.3 Å². The number of amides is 1. The van der Waals surface area contributed by atoms with Gasteiger partial charge in [-0.2, -0.15) is 0 Å². The van der Waals surface area contributed by atoms with E-state index in [0.717, 1.165) is 56.2 Å². The molecule has 0 bridgehead atoms. The molecule has 2 aliphatic rings. The molecule has 0 aliphatic carbocycles. The summed E-state index contributed by atoms with van der Waals surface area (Å²) in [6.07, 6.45) is 1.02. The molecule has 2 heterocycles. The molecule has 1 aromatic rings. The van der Waals surface area contributed by atoms with E-state index in [1.165, 1.54) is 0 Å². The molecule has 2 N–H and O–H groups in total. The monoisotopic (exact) mass is 275 g/mol. The summed E-state index contributed by atoms with van der Waals surface area (Å²) in [7, 11) is 0. The van der Waals surface area contributed by atoms with Crippen LogP contribution in [0.2, 0.25) is 0 Å². The molecule has 1 saturated heterocycles. The first kappa shape index (κ1) is 13.4. The van der Waals surface area contributed by atoms with E-state index >= 15 is 0 Å². The van der Waals surface area contributed by atoms with Gasteiger partial charge >= 0.3 is 0 Å². The maximum absolute atomic E-state index is 12.0. The van der Waals surface area contributed by atoms with Crippen LogP contribution in [0.25, 0.3) is 0 Å². The minimum absolute atomic E-state index is 0.0487. The molecule has 1 aromatic carbocycles. The van der Waals surface area contributed by atoms with E-state index in [1.54, 1.807) is 0 Å². The number of carbonyl (C=O) groups is 1. The van der Waals surface area contributed by atoms with Crippen LogP contribution in [-0.4, -0.2) is 38.8 Å². The highest BCUT2D eigenvalue weighted by molar-refractivity contribution is 6.03. The SMILES string of the molecule is CCCNC1C(=O)Nc2cc(N3CCOCC3)ccc21. The first-order valence-electron chi connectivity index (χ1n) is 7.30. The zero-order valence-electron chi connectivity index (χ0n) is 11.8. The molecule has 1 atom stereocenters. The first-order chi connectivity index (χ1) is 9.79. The Balaban J connectivity index is 1.80. The maximum atomic E-state index is 12.0. The summed E-state index contributed by atoms with van der Waals surface area (Å²) in [4.78, 5) is 14.3. The number of hydrogen-bond acceptors (Lipinski definition) is 4. The van der Waals surface area contributed by atoms with Gasteiger partial charge in [-0.3, -0.25) is 4.79 Å². The van der Waals surface area contributed by atoms with Crippen LogP contribution in [0, 0.1) is 0 Å². The van der Waals surface area contributed by atoms with Gasteiger partial charge in [-0.15, -0.1) is 0 Å². The van der Waals surface area contributed by atoms with E-state index in [0.29, 0.717) is 0 Å². The molecule has 0 aromatic heterocycles. The zero-order valence-corrected chi connectivity index (χ0v) is 11.8. The third-order valence-corrected chi connectivity index (χ3v) is 3.84. The Morgan fingerprint density at radius 2 is 2.20 bits per heavy atom. The van der Waals surface area contributed by atoms with Gasteiger partial charge in [0.1, 0.15) is 6.04 Å². The molecule has 20 heavy (non-hydrogen) atoms. The van der Waals surface area contributed by atoms with Crippen molar-refractivity contribution in [2.75, 3.05) is 43.1 Å². The Morgan fingerprint density at radius 3 is 2.95 bits per heavy atom. The summed E-state index contributed by atoms with van der Waals surface area (Å²) in [5.74, 6) is 0.0487. The molecule has 5 heteroatoms. The fourth-order valence-electron chi connectivity index (χ4n) is 2.76. The van der Waals surface area contributed by atoms with Crippen molar-refractivity contribution < 1.29 is 9.53 Å². The standard InChI is InChI=1S/C15H21N3O2/c1-2-5-16-14-12-4-3-11(10-13(12)17-15(14)19)18-6-8-20-9-7-18/h3-4,10,14,16H,2,5-9H2,1H3,(H,17,19). The van der Waals surface area contributed by atoms with Crippen LogP contribution in [0.3, 0.4) is 0 Å². The van der Waals surface area contributed by atoms with E-state index in [2.05, 4.69) is 40.7 Å². The largest absolute Gasteiger partial charge is 0.378 e. The quantitative estimate of drug-likeness (QED) is 0.874.